The number of carboxylic acids is 2. The summed E-state index contributed by atoms with van der Waals surface area (Å²) in [7, 11) is 0. The second kappa shape index (κ2) is 6.12. The molecule has 0 aromatic carbocycles. The minimum atomic E-state index is -1.11. The SMILES string of the molecule is O=C(O)c1ccnc(-c2nnc(-c3cc(C(=O)O)ccn3)nn2)c1. The molecule has 3 aromatic heterocycles. The largest absolute Gasteiger partial charge is 0.478 e. The first-order chi connectivity index (χ1) is 11.5. The molecule has 3 heterocycles. The Morgan fingerprint density at radius 1 is 0.708 bits per heavy atom. The highest BCUT2D eigenvalue weighted by atomic mass is 16.4. The summed E-state index contributed by atoms with van der Waals surface area (Å²) < 4.78 is 0. The van der Waals surface area contributed by atoms with E-state index in [4.69, 9.17) is 10.2 Å². The molecular weight excluding hydrogens is 316 g/mol. The average molecular weight is 324 g/mol. The molecule has 0 unspecified atom stereocenters. The first-order valence-electron chi connectivity index (χ1n) is 6.51. The van der Waals surface area contributed by atoms with E-state index in [-0.39, 0.29) is 34.2 Å². The predicted octanol–water partition coefficient (Wildman–Crippen LogP) is 0.787. The minimum Gasteiger partial charge on any atom is -0.478 e. The third kappa shape index (κ3) is 3.02. The molecule has 0 radical (unpaired) electrons. The Morgan fingerprint density at radius 2 is 1.08 bits per heavy atom. The van der Waals surface area contributed by atoms with Crippen molar-refractivity contribution < 1.29 is 19.8 Å². The normalized spacial score (nSPS) is 10.3. The molecule has 0 fully saturated rings. The topological polar surface area (TPSA) is 152 Å². The van der Waals surface area contributed by atoms with Crippen molar-refractivity contribution in [3.63, 3.8) is 0 Å². The zero-order valence-electron chi connectivity index (χ0n) is 11.9. The molecule has 2 N–H and O–H groups in total. The Balaban J connectivity index is 1.94. The van der Waals surface area contributed by atoms with Crippen molar-refractivity contribution in [1.82, 2.24) is 30.4 Å². The van der Waals surface area contributed by atoms with Gasteiger partial charge in [-0.05, 0) is 24.3 Å². The van der Waals surface area contributed by atoms with Crippen molar-refractivity contribution in [2.24, 2.45) is 0 Å². The van der Waals surface area contributed by atoms with Crippen LogP contribution in [0.3, 0.4) is 0 Å². The van der Waals surface area contributed by atoms with Crippen LogP contribution in [-0.4, -0.2) is 52.5 Å². The summed E-state index contributed by atoms with van der Waals surface area (Å²) in [4.78, 5) is 29.8. The van der Waals surface area contributed by atoms with Gasteiger partial charge in [0, 0.05) is 12.4 Å². The van der Waals surface area contributed by atoms with Crippen LogP contribution in [0.15, 0.2) is 36.7 Å². The van der Waals surface area contributed by atoms with Gasteiger partial charge in [-0.3, -0.25) is 9.97 Å². The Bertz CT molecular complexity index is 852. The van der Waals surface area contributed by atoms with Gasteiger partial charge >= 0.3 is 11.9 Å². The van der Waals surface area contributed by atoms with Crippen LogP contribution in [0, 0.1) is 0 Å². The number of nitrogens with zero attached hydrogens (tertiary/aromatic N) is 6. The highest BCUT2D eigenvalue weighted by Crippen LogP contribution is 2.15. The van der Waals surface area contributed by atoms with E-state index < -0.39 is 11.9 Å². The van der Waals surface area contributed by atoms with E-state index in [1.54, 1.807) is 0 Å². The summed E-state index contributed by atoms with van der Waals surface area (Å²) in [6.07, 6.45) is 2.63. The lowest BCUT2D eigenvalue weighted by Crippen LogP contribution is -2.04. The molecule has 24 heavy (non-hydrogen) atoms. The Hall–Kier alpha value is -3.82. The second-order valence-corrected chi connectivity index (χ2v) is 4.52. The van der Waals surface area contributed by atoms with Gasteiger partial charge in [-0.25, -0.2) is 9.59 Å². The standard InChI is InChI=1S/C14H8N6O4/c21-13(22)7-1-3-15-9(5-7)11-17-19-12(20-18-11)10-6-8(14(23)24)2-4-16-10/h1-6H,(H,21,22)(H,23,24). The fraction of sp³-hybridized carbons (Fsp3) is 0. The van der Waals surface area contributed by atoms with Gasteiger partial charge in [0.1, 0.15) is 11.4 Å². The van der Waals surface area contributed by atoms with Crippen LogP contribution in [0.2, 0.25) is 0 Å². The van der Waals surface area contributed by atoms with Gasteiger partial charge < -0.3 is 10.2 Å². The summed E-state index contributed by atoms with van der Waals surface area (Å²) >= 11 is 0. The molecular formula is C14H8N6O4. The highest BCUT2D eigenvalue weighted by molar-refractivity contribution is 5.89. The van der Waals surface area contributed by atoms with Gasteiger partial charge in [0.2, 0.25) is 11.6 Å². The Labute approximate surface area is 133 Å². The average Bonchev–Trinajstić information content (AvgIpc) is 2.62. The Morgan fingerprint density at radius 3 is 1.42 bits per heavy atom. The van der Waals surface area contributed by atoms with Gasteiger partial charge in [-0.1, -0.05) is 0 Å². The van der Waals surface area contributed by atoms with E-state index in [1.165, 1.54) is 36.7 Å². The van der Waals surface area contributed by atoms with E-state index >= 15 is 0 Å². The number of aromatic carboxylic acids is 2. The van der Waals surface area contributed by atoms with Crippen LogP contribution in [-0.2, 0) is 0 Å². The molecule has 0 amide bonds. The molecule has 0 saturated heterocycles. The van der Waals surface area contributed by atoms with Crippen LogP contribution < -0.4 is 0 Å². The zero-order valence-corrected chi connectivity index (χ0v) is 11.9. The third-order valence-corrected chi connectivity index (χ3v) is 2.95. The molecule has 118 valence electrons. The smallest absolute Gasteiger partial charge is 0.335 e. The molecule has 0 bridgehead atoms. The fourth-order valence-corrected chi connectivity index (χ4v) is 1.81. The van der Waals surface area contributed by atoms with Gasteiger partial charge in [-0.2, -0.15) is 0 Å². The van der Waals surface area contributed by atoms with Crippen molar-refractivity contribution in [2.75, 3.05) is 0 Å². The van der Waals surface area contributed by atoms with Crippen LogP contribution in [0.4, 0.5) is 0 Å². The van der Waals surface area contributed by atoms with Gasteiger partial charge in [-0.15, -0.1) is 20.4 Å². The molecule has 3 aromatic rings. The van der Waals surface area contributed by atoms with Crippen LogP contribution in [0.25, 0.3) is 23.0 Å². The first-order valence-corrected chi connectivity index (χ1v) is 6.51. The maximum absolute atomic E-state index is 11.0. The highest BCUT2D eigenvalue weighted by Gasteiger charge is 2.12. The number of carbonyl (C=O) groups is 2. The summed E-state index contributed by atoms with van der Waals surface area (Å²) in [5, 5.41) is 33.3. The lowest BCUT2D eigenvalue weighted by atomic mass is 10.2. The maximum Gasteiger partial charge on any atom is 0.335 e. The lowest BCUT2D eigenvalue weighted by Gasteiger charge is -2.01. The van der Waals surface area contributed by atoms with Crippen LogP contribution in [0.5, 0.6) is 0 Å². The molecule has 0 atom stereocenters. The number of pyridine rings is 2. The quantitative estimate of drug-likeness (QED) is 0.704. The summed E-state index contributed by atoms with van der Waals surface area (Å²) in [5.74, 6) is -2.13. The molecule has 3 rings (SSSR count). The predicted molar refractivity (Wildman–Crippen MR) is 78.0 cm³/mol. The van der Waals surface area contributed by atoms with E-state index in [9.17, 15) is 9.59 Å². The van der Waals surface area contributed by atoms with Gasteiger partial charge in [0.25, 0.3) is 0 Å². The summed E-state index contributed by atoms with van der Waals surface area (Å²) in [6, 6.07) is 5.26. The maximum atomic E-state index is 11.0. The zero-order chi connectivity index (χ0) is 17.1. The number of hydrogen-bond donors (Lipinski definition) is 2. The van der Waals surface area contributed by atoms with E-state index in [2.05, 4.69) is 30.4 Å². The molecule has 0 spiro atoms. The van der Waals surface area contributed by atoms with Crippen molar-refractivity contribution in [1.29, 1.82) is 0 Å². The minimum absolute atomic E-state index is 0.0310. The van der Waals surface area contributed by atoms with Crippen molar-refractivity contribution in [3.05, 3.63) is 47.8 Å². The first kappa shape index (κ1) is 15.1. The molecule has 0 aliphatic carbocycles. The van der Waals surface area contributed by atoms with Crippen LogP contribution >= 0.6 is 0 Å². The van der Waals surface area contributed by atoms with E-state index in [1.807, 2.05) is 0 Å². The van der Waals surface area contributed by atoms with Crippen molar-refractivity contribution in [2.45, 2.75) is 0 Å². The fourth-order valence-electron chi connectivity index (χ4n) is 1.81. The lowest BCUT2D eigenvalue weighted by molar-refractivity contribution is 0.0686. The van der Waals surface area contributed by atoms with Crippen molar-refractivity contribution >= 4 is 11.9 Å². The molecule has 10 heteroatoms. The second-order valence-electron chi connectivity index (χ2n) is 4.52. The number of carboxylic acid groups (broad SMARTS) is 2. The van der Waals surface area contributed by atoms with Gasteiger partial charge in [0.15, 0.2) is 0 Å². The Kier molecular flexibility index (Phi) is 3.85. The van der Waals surface area contributed by atoms with Crippen molar-refractivity contribution in [3.8, 4) is 23.0 Å². The van der Waals surface area contributed by atoms with Crippen LogP contribution in [0.1, 0.15) is 20.7 Å². The molecule has 10 nitrogen and oxygen atoms in total. The number of rotatable bonds is 4. The molecule has 0 aliphatic rings. The van der Waals surface area contributed by atoms with E-state index in [0.29, 0.717) is 0 Å². The third-order valence-electron chi connectivity index (χ3n) is 2.95. The molecule has 0 aliphatic heterocycles. The summed E-state index contributed by atoms with van der Waals surface area (Å²) in [5.41, 5.74) is 0.467. The number of aromatic nitrogens is 6. The molecule has 0 saturated carbocycles. The number of hydrogen-bond acceptors (Lipinski definition) is 8. The monoisotopic (exact) mass is 324 g/mol. The van der Waals surface area contributed by atoms with Gasteiger partial charge in [0.05, 0.1) is 11.1 Å². The van der Waals surface area contributed by atoms with E-state index in [0.717, 1.165) is 0 Å². The summed E-state index contributed by atoms with van der Waals surface area (Å²) in [6.45, 7) is 0.